The first kappa shape index (κ1) is 16.3. The third kappa shape index (κ3) is 3.07. The number of aromatic amines is 1. The number of methoxy groups -OCH3 is 1. The zero-order valence-electron chi connectivity index (χ0n) is 13.6. The molecule has 0 aliphatic heterocycles. The van der Waals surface area contributed by atoms with Gasteiger partial charge in [0.1, 0.15) is 0 Å². The molecule has 6 nitrogen and oxygen atoms in total. The van der Waals surface area contributed by atoms with Gasteiger partial charge in [0.15, 0.2) is 5.16 Å². The maximum atomic E-state index is 12.6. The van der Waals surface area contributed by atoms with Crippen molar-refractivity contribution in [3.63, 3.8) is 0 Å². The predicted octanol–water partition coefficient (Wildman–Crippen LogP) is 2.67. The molecule has 1 unspecified atom stereocenters. The second-order valence-corrected chi connectivity index (χ2v) is 6.82. The van der Waals surface area contributed by atoms with E-state index < -0.39 is 16.8 Å². The van der Waals surface area contributed by atoms with Crippen LogP contribution in [0.25, 0.3) is 11.0 Å². The van der Waals surface area contributed by atoms with E-state index in [9.17, 15) is 9.00 Å². The molecule has 1 atom stereocenters. The zero-order valence-corrected chi connectivity index (χ0v) is 14.4. The summed E-state index contributed by atoms with van der Waals surface area (Å²) in [6.45, 7) is 3.97. The largest absolute Gasteiger partial charge is 0.465 e. The second-order valence-electron chi connectivity index (χ2n) is 5.45. The summed E-state index contributed by atoms with van der Waals surface area (Å²) in [6.07, 6.45) is 1.72. The van der Waals surface area contributed by atoms with Gasteiger partial charge < -0.3 is 9.72 Å². The molecule has 2 aromatic heterocycles. The molecule has 124 valence electrons. The van der Waals surface area contributed by atoms with E-state index in [4.69, 9.17) is 4.74 Å². The van der Waals surface area contributed by atoms with Crippen LogP contribution in [0.4, 0.5) is 0 Å². The average Bonchev–Trinajstić information content (AvgIpc) is 3.01. The number of rotatable bonds is 4. The summed E-state index contributed by atoms with van der Waals surface area (Å²) in [4.78, 5) is 23.3. The van der Waals surface area contributed by atoms with E-state index in [-0.39, 0.29) is 5.75 Å². The Balaban J connectivity index is 1.90. The van der Waals surface area contributed by atoms with E-state index in [0.29, 0.717) is 21.8 Å². The Bertz CT molecular complexity index is 949. The van der Waals surface area contributed by atoms with Crippen LogP contribution in [0.5, 0.6) is 0 Å². The fraction of sp³-hybridized carbons (Fsp3) is 0.235. The van der Waals surface area contributed by atoms with Gasteiger partial charge in [-0.1, -0.05) is 0 Å². The van der Waals surface area contributed by atoms with Gasteiger partial charge in [0.05, 0.1) is 46.0 Å². The number of hydrogen-bond acceptors (Lipinski definition) is 5. The lowest BCUT2D eigenvalue weighted by molar-refractivity contribution is 0.0601. The van der Waals surface area contributed by atoms with Crippen molar-refractivity contribution in [2.45, 2.75) is 24.8 Å². The van der Waals surface area contributed by atoms with Crippen LogP contribution in [0.2, 0.25) is 0 Å². The van der Waals surface area contributed by atoms with Crippen LogP contribution in [-0.4, -0.2) is 32.2 Å². The van der Waals surface area contributed by atoms with Crippen LogP contribution < -0.4 is 0 Å². The Kier molecular flexibility index (Phi) is 4.44. The van der Waals surface area contributed by atoms with Crippen molar-refractivity contribution >= 4 is 27.8 Å². The topological polar surface area (TPSA) is 84.9 Å². The van der Waals surface area contributed by atoms with E-state index in [1.165, 1.54) is 7.11 Å². The Morgan fingerprint density at radius 2 is 2.08 bits per heavy atom. The highest BCUT2D eigenvalue weighted by atomic mass is 32.2. The van der Waals surface area contributed by atoms with E-state index >= 15 is 0 Å². The monoisotopic (exact) mass is 343 g/mol. The first-order valence-electron chi connectivity index (χ1n) is 7.37. The van der Waals surface area contributed by atoms with Crippen LogP contribution >= 0.6 is 0 Å². The highest BCUT2D eigenvalue weighted by Crippen LogP contribution is 2.19. The first-order chi connectivity index (χ1) is 11.5. The van der Waals surface area contributed by atoms with E-state index in [2.05, 4.69) is 15.0 Å². The molecular weight excluding hydrogens is 326 g/mol. The molecule has 0 saturated carbocycles. The maximum Gasteiger partial charge on any atom is 0.337 e. The van der Waals surface area contributed by atoms with Crippen molar-refractivity contribution in [3.05, 3.63) is 52.8 Å². The summed E-state index contributed by atoms with van der Waals surface area (Å²) in [5, 5.41) is 0.370. The van der Waals surface area contributed by atoms with Crippen molar-refractivity contribution in [3.8, 4) is 0 Å². The summed E-state index contributed by atoms with van der Waals surface area (Å²) >= 11 is 0. The number of ether oxygens (including phenoxy) is 1. The van der Waals surface area contributed by atoms with Gasteiger partial charge in [0, 0.05) is 6.20 Å². The summed E-state index contributed by atoms with van der Waals surface area (Å²) in [6, 6.07) is 6.91. The number of esters is 1. The Morgan fingerprint density at radius 1 is 1.29 bits per heavy atom. The molecule has 3 rings (SSSR count). The zero-order chi connectivity index (χ0) is 17.3. The molecule has 0 aliphatic carbocycles. The predicted molar refractivity (Wildman–Crippen MR) is 91.3 cm³/mol. The minimum Gasteiger partial charge on any atom is -0.465 e. The highest BCUT2D eigenvalue weighted by molar-refractivity contribution is 7.84. The van der Waals surface area contributed by atoms with Crippen LogP contribution in [0.15, 0.2) is 35.6 Å². The number of H-pyrrole nitrogens is 1. The molecule has 0 aliphatic rings. The van der Waals surface area contributed by atoms with Crippen molar-refractivity contribution in [1.82, 2.24) is 15.0 Å². The number of carbonyl (C=O) groups excluding carboxylic acids is 1. The number of nitrogens with zero attached hydrogens (tertiary/aromatic N) is 2. The van der Waals surface area contributed by atoms with Crippen LogP contribution in [0, 0.1) is 13.8 Å². The van der Waals surface area contributed by atoms with Gasteiger partial charge in [-0.3, -0.25) is 9.19 Å². The molecule has 1 N–H and O–H groups in total. The molecule has 24 heavy (non-hydrogen) atoms. The number of nitrogens with one attached hydrogen (secondary N) is 1. The van der Waals surface area contributed by atoms with Gasteiger partial charge in [0.2, 0.25) is 0 Å². The van der Waals surface area contributed by atoms with E-state index in [1.807, 2.05) is 19.9 Å². The van der Waals surface area contributed by atoms with Crippen LogP contribution in [0.3, 0.4) is 0 Å². The molecule has 0 bridgehead atoms. The van der Waals surface area contributed by atoms with E-state index in [0.717, 1.165) is 16.8 Å². The lowest BCUT2D eigenvalue weighted by atomic mass is 10.1. The maximum absolute atomic E-state index is 12.6. The summed E-state index contributed by atoms with van der Waals surface area (Å²) in [7, 11) is -0.0195. The van der Waals surface area contributed by atoms with Gasteiger partial charge in [-0.25, -0.2) is 9.78 Å². The average molecular weight is 343 g/mol. The molecule has 0 fully saturated rings. The number of carbonyl (C=O) groups is 1. The van der Waals surface area contributed by atoms with Crippen molar-refractivity contribution < 1.29 is 13.7 Å². The van der Waals surface area contributed by atoms with Gasteiger partial charge in [0.25, 0.3) is 0 Å². The van der Waals surface area contributed by atoms with Gasteiger partial charge >= 0.3 is 5.97 Å². The highest BCUT2D eigenvalue weighted by Gasteiger charge is 2.15. The molecular formula is C17H17N3O3S. The fourth-order valence-corrected chi connectivity index (χ4v) is 3.47. The fourth-order valence-electron chi connectivity index (χ4n) is 2.37. The van der Waals surface area contributed by atoms with Crippen molar-refractivity contribution in [2.75, 3.05) is 7.11 Å². The number of benzene rings is 1. The third-order valence-corrected chi connectivity index (χ3v) is 5.10. The number of imidazole rings is 1. The van der Waals surface area contributed by atoms with Crippen LogP contribution in [0.1, 0.15) is 27.2 Å². The number of hydrogen-bond donors (Lipinski definition) is 1. The molecule has 3 aromatic rings. The normalized spacial score (nSPS) is 12.3. The van der Waals surface area contributed by atoms with Gasteiger partial charge in [-0.05, 0) is 49.2 Å². The summed E-state index contributed by atoms with van der Waals surface area (Å²) in [5.74, 6) is -0.134. The minimum absolute atomic E-state index is 0.289. The molecule has 0 saturated heterocycles. The minimum atomic E-state index is -1.35. The Morgan fingerprint density at radius 3 is 2.83 bits per heavy atom. The standard InChI is InChI=1S/C17H17N3O3S/c1-10-6-7-18-15(11(10)2)9-24(22)17-19-13-5-4-12(16(21)23-3)8-14(13)20-17/h4-8H,9H2,1-3H3,(H,19,20). The quantitative estimate of drug-likeness (QED) is 0.736. The Hall–Kier alpha value is -2.54. The number of fused-ring (bicyclic) bond motifs is 1. The number of pyridine rings is 1. The van der Waals surface area contributed by atoms with Crippen molar-refractivity contribution in [2.24, 2.45) is 0 Å². The Labute approximate surface area is 141 Å². The first-order valence-corrected chi connectivity index (χ1v) is 8.69. The third-order valence-electron chi connectivity index (χ3n) is 3.94. The van der Waals surface area contributed by atoms with Gasteiger partial charge in [-0.2, -0.15) is 0 Å². The van der Waals surface area contributed by atoms with Gasteiger partial charge in [-0.15, -0.1) is 0 Å². The second kappa shape index (κ2) is 6.52. The number of aryl methyl sites for hydroxylation is 1. The summed E-state index contributed by atoms with van der Waals surface area (Å²) < 4.78 is 17.3. The SMILES string of the molecule is COC(=O)c1ccc2nc(S(=O)Cc3nccc(C)c3C)[nH]c2c1. The molecule has 7 heteroatoms. The molecule has 0 spiro atoms. The molecule has 0 radical (unpaired) electrons. The van der Waals surface area contributed by atoms with Crippen LogP contribution in [-0.2, 0) is 21.3 Å². The van der Waals surface area contributed by atoms with Crippen molar-refractivity contribution in [1.29, 1.82) is 0 Å². The molecule has 1 aromatic carbocycles. The lowest BCUT2D eigenvalue weighted by Gasteiger charge is -2.05. The molecule has 0 amide bonds. The van der Waals surface area contributed by atoms with E-state index in [1.54, 1.807) is 24.4 Å². The molecule has 2 heterocycles. The smallest absolute Gasteiger partial charge is 0.337 e. The summed E-state index contributed by atoms with van der Waals surface area (Å²) in [5.41, 5.74) is 4.67. The lowest BCUT2D eigenvalue weighted by Crippen LogP contribution is -2.03. The number of aromatic nitrogens is 3.